The standard InChI is InChI=1S/C14H23NO/c1-4-6-8-12-10-11-13(9-7-5-2)15(3)14(12)16/h10-11H,4-9H2,1-3H3. The molecule has 1 heterocycles. The van der Waals surface area contributed by atoms with E-state index in [0.717, 1.165) is 43.4 Å². The lowest BCUT2D eigenvalue weighted by molar-refractivity contribution is 0.693. The minimum atomic E-state index is 0.196. The second kappa shape index (κ2) is 6.51. The Hall–Kier alpha value is -1.05. The number of aromatic nitrogens is 1. The summed E-state index contributed by atoms with van der Waals surface area (Å²) in [6.07, 6.45) is 6.49. The molecule has 0 saturated carbocycles. The molecule has 0 fully saturated rings. The maximum absolute atomic E-state index is 12.0. The van der Waals surface area contributed by atoms with Gasteiger partial charge < -0.3 is 4.57 Å². The first-order valence-electron chi connectivity index (χ1n) is 6.38. The van der Waals surface area contributed by atoms with E-state index in [1.807, 2.05) is 17.7 Å². The molecule has 0 aliphatic rings. The van der Waals surface area contributed by atoms with Gasteiger partial charge in [0, 0.05) is 18.3 Å². The van der Waals surface area contributed by atoms with Gasteiger partial charge >= 0.3 is 0 Å². The van der Waals surface area contributed by atoms with E-state index >= 15 is 0 Å². The number of pyridine rings is 1. The van der Waals surface area contributed by atoms with E-state index in [0.29, 0.717) is 0 Å². The van der Waals surface area contributed by atoms with Crippen molar-refractivity contribution in [2.75, 3.05) is 0 Å². The second-order valence-corrected chi connectivity index (χ2v) is 4.42. The smallest absolute Gasteiger partial charge is 0.253 e. The topological polar surface area (TPSA) is 22.0 Å². The Morgan fingerprint density at radius 2 is 1.69 bits per heavy atom. The second-order valence-electron chi connectivity index (χ2n) is 4.42. The predicted molar refractivity (Wildman–Crippen MR) is 68.9 cm³/mol. The van der Waals surface area contributed by atoms with E-state index in [9.17, 15) is 4.79 Å². The summed E-state index contributed by atoms with van der Waals surface area (Å²) in [6, 6.07) is 4.13. The highest BCUT2D eigenvalue weighted by Crippen LogP contribution is 2.05. The van der Waals surface area contributed by atoms with Crippen molar-refractivity contribution in [2.24, 2.45) is 7.05 Å². The van der Waals surface area contributed by atoms with Crippen LogP contribution in [0.25, 0.3) is 0 Å². The quantitative estimate of drug-likeness (QED) is 0.723. The van der Waals surface area contributed by atoms with E-state index in [1.165, 1.54) is 6.42 Å². The van der Waals surface area contributed by atoms with Crippen molar-refractivity contribution >= 4 is 0 Å². The van der Waals surface area contributed by atoms with Crippen molar-refractivity contribution in [3.63, 3.8) is 0 Å². The van der Waals surface area contributed by atoms with Crippen LogP contribution < -0.4 is 5.56 Å². The first-order valence-corrected chi connectivity index (χ1v) is 6.38. The molecule has 2 heteroatoms. The lowest BCUT2D eigenvalue weighted by Gasteiger charge is -2.09. The molecule has 0 aliphatic carbocycles. The van der Waals surface area contributed by atoms with Crippen LogP contribution in [-0.2, 0) is 19.9 Å². The molecule has 0 N–H and O–H groups in total. The molecule has 0 atom stereocenters. The fraction of sp³-hybridized carbons (Fsp3) is 0.643. The summed E-state index contributed by atoms with van der Waals surface area (Å²) in [5.41, 5.74) is 2.32. The van der Waals surface area contributed by atoms with Gasteiger partial charge in [0.1, 0.15) is 0 Å². The number of aryl methyl sites for hydroxylation is 2. The summed E-state index contributed by atoms with van der Waals surface area (Å²) in [6.45, 7) is 4.33. The Morgan fingerprint density at radius 1 is 1.06 bits per heavy atom. The highest BCUT2D eigenvalue weighted by molar-refractivity contribution is 5.16. The van der Waals surface area contributed by atoms with Gasteiger partial charge in [0.15, 0.2) is 0 Å². The van der Waals surface area contributed by atoms with Gasteiger partial charge in [-0.3, -0.25) is 4.79 Å². The highest BCUT2D eigenvalue weighted by Gasteiger charge is 2.04. The molecule has 0 bridgehead atoms. The van der Waals surface area contributed by atoms with Crippen LogP contribution in [0.5, 0.6) is 0 Å². The molecule has 0 aromatic carbocycles. The molecule has 0 amide bonds. The van der Waals surface area contributed by atoms with Crippen molar-refractivity contribution in [3.05, 3.63) is 33.7 Å². The average molecular weight is 221 g/mol. The molecule has 1 aromatic heterocycles. The zero-order valence-corrected chi connectivity index (χ0v) is 10.8. The summed E-state index contributed by atoms with van der Waals surface area (Å²) >= 11 is 0. The molecule has 0 aliphatic heterocycles. The van der Waals surface area contributed by atoms with Gasteiger partial charge in [0.25, 0.3) is 5.56 Å². The lowest BCUT2D eigenvalue weighted by atomic mass is 10.1. The van der Waals surface area contributed by atoms with Gasteiger partial charge in [-0.1, -0.05) is 32.8 Å². The third-order valence-electron chi connectivity index (χ3n) is 3.07. The number of hydrogen-bond acceptors (Lipinski definition) is 1. The molecular weight excluding hydrogens is 198 g/mol. The Morgan fingerprint density at radius 3 is 2.31 bits per heavy atom. The van der Waals surface area contributed by atoms with Gasteiger partial charge in [-0.05, 0) is 31.7 Å². The van der Waals surface area contributed by atoms with Gasteiger partial charge in [-0.25, -0.2) is 0 Å². The third-order valence-corrected chi connectivity index (χ3v) is 3.07. The van der Waals surface area contributed by atoms with E-state index in [2.05, 4.69) is 19.9 Å². The molecule has 1 rings (SSSR count). The number of hydrogen-bond donors (Lipinski definition) is 0. The van der Waals surface area contributed by atoms with E-state index in [-0.39, 0.29) is 5.56 Å². The van der Waals surface area contributed by atoms with Gasteiger partial charge in [-0.15, -0.1) is 0 Å². The SMILES string of the molecule is CCCCc1ccc(CCCC)n(C)c1=O. The molecule has 90 valence electrons. The molecular formula is C14H23NO. The van der Waals surface area contributed by atoms with Crippen LogP contribution in [0.4, 0.5) is 0 Å². The van der Waals surface area contributed by atoms with Crippen LogP contribution in [-0.4, -0.2) is 4.57 Å². The molecule has 2 nitrogen and oxygen atoms in total. The first kappa shape index (κ1) is 13.0. The predicted octanol–water partition coefficient (Wildman–Crippen LogP) is 3.07. The van der Waals surface area contributed by atoms with E-state index in [1.54, 1.807) is 0 Å². The van der Waals surface area contributed by atoms with Crippen molar-refractivity contribution < 1.29 is 0 Å². The summed E-state index contributed by atoms with van der Waals surface area (Å²) in [7, 11) is 1.89. The van der Waals surface area contributed by atoms with Crippen LogP contribution in [0, 0.1) is 0 Å². The molecule has 0 spiro atoms. The van der Waals surface area contributed by atoms with E-state index < -0.39 is 0 Å². The van der Waals surface area contributed by atoms with Crippen molar-refractivity contribution in [2.45, 2.75) is 52.4 Å². The summed E-state index contributed by atoms with van der Waals surface area (Å²) in [4.78, 5) is 12.0. The molecule has 0 unspecified atom stereocenters. The molecule has 0 saturated heterocycles. The van der Waals surface area contributed by atoms with Crippen LogP contribution >= 0.6 is 0 Å². The molecule has 16 heavy (non-hydrogen) atoms. The Bertz CT molecular complexity index is 379. The van der Waals surface area contributed by atoms with Crippen molar-refractivity contribution in [1.29, 1.82) is 0 Å². The number of nitrogens with zero attached hydrogens (tertiary/aromatic N) is 1. The number of unbranched alkanes of at least 4 members (excludes halogenated alkanes) is 2. The Balaban J connectivity index is 2.85. The van der Waals surface area contributed by atoms with Gasteiger partial charge in [0.05, 0.1) is 0 Å². The summed E-state index contributed by atoms with van der Waals surface area (Å²) < 4.78 is 1.82. The zero-order valence-electron chi connectivity index (χ0n) is 10.8. The van der Waals surface area contributed by atoms with Crippen LogP contribution in [0.15, 0.2) is 16.9 Å². The number of rotatable bonds is 6. The van der Waals surface area contributed by atoms with Crippen LogP contribution in [0.2, 0.25) is 0 Å². The molecule has 0 radical (unpaired) electrons. The van der Waals surface area contributed by atoms with E-state index in [4.69, 9.17) is 0 Å². The lowest BCUT2D eigenvalue weighted by Crippen LogP contribution is -2.23. The normalized spacial score (nSPS) is 10.7. The minimum Gasteiger partial charge on any atom is -0.315 e. The maximum Gasteiger partial charge on any atom is 0.253 e. The highest BCUT2D eigenvalue weighted by atomic mass is 16.1. The van der Waals surface area contributed by atoms with Crippen molar-refractivity contribution in [3.8, 4) is 0 Å². The fourth-order valence-electron chi connectivity index (χ4n) is 1.89. The minimum absolute atomic E-state index is 0.196. The summed E-state index contributed by atoms with van der Waals surface area (Å²) in [5, 5.41) is 0. The Kier molecular flexibility index (Phi) is 5.30. The Labute approximate surface area is 98.3 Å². The third kappa shape index (κ3) is 3.22. The monoisotopic (exact) mass is 221 g/mol. The largest absolute Gasteiger partial charge is 0.315 e. The zero-order chi connectivity index (χ0) is 12.0. The van der Waals surface area contributed by atoms with Crippen LogP contribution in [0.3, 0.4) is 0 Å². The fourth-order valence-corrected chi connectivity index (χ4v) is 1.89. The van der Waals surface area contributed by atoms with Gasteiger partial charge in [0.2, 0.25) is 0 Å². The van der Waals surface area contributed by atoms with Crippen LogP contribution in [0.1, 0.15) is 50.8 Å². The van der Waals surface area contributed by atoms with Gasteiger partial charge in [-0.2, -0.15) is 0 Å². The first-order chi connectivity index (χ1) is 7.70. The van der Waals surface area contributed by atoms with Crippen molar-refractivity contribution in [1.82, 2.24) is 4.57 Å². The molecule has 1 aromatic rings. The summed E-state index contributed by atoms with van der Waals surface area (Å²) in [5.74, 6) is 0. The average Bonchev–Trinajstić information content (AvgIpc) is 2.30. The maximum atomic E-state index is 12.0.